The van der Waals surface area contributed by atoms with Gasteiger partial charge in [-0.15, -0.1) is 22.0 Å². The van der Waals surface area contributed by atoms with Crippen molar-refractivity contribution >= 4 is 33.2 Å². The Bertz CT molecular complexity index is 554. The van der Waals surface area contributed by atoms with Crippen LogP contribution in [-0.2, 0) is 32.7 Å². The number of halogens is 3. The second-order valence-corrected chi connectivity index (χ2v) is 4.88. The van der Waals surface area contributed by atoms with Gasteiger partial charge in [-0.2, -0.15) is 12.2 Å². The first-order valence-corrected chi connectivity index (χ1v) is 6.05. The van der Waals surface area contributed by atoms with Gasteiger partial charge in [-0.3, -0.25) is 0 Å². The molecule has 1 nitrogen and oxygen atoms in total. The third-order valence-electron chi connectivity index (χ3n) is 2.54. The molecule has 91 valence electrons. The van der Waals surface area contributed by atoms with E-state index in [4.69, 9.17) is 11.6 Å². The molecule has 0 saturated carbocycles. The van der Waals surface area contributed by atoms with Gasteiger partial charge in [0.15, 0.2) is 0 Å². The van der Waals surface area contributed by atoms with Gasteiger partial charge in [0.25, 0.3) is 0 Å². The fourth-order valence-electron chi connectivity index (χ4n) is 1.55. The number of hydrogen-bond donors (Lipinski definition) is 0. The average Bonchev–Trinajstić information content (AvgIpc) is 2.28. The molecule has 0 saturated heterocycles. The van der Waals surface area contributed by atoms with E-state index in [0.29, 0.717) is 5.02 Å². The number of benzene rings is 1. The third kappa shape index (κ3) is 3.13. The summed E-state index contributed by atoms with van der Waals surface area (Å²) in [4.78, 5) is 1.85. The molecule has 0 amide bonds. The van der Waals surface area contributed by atoms with Crippen LogP contribution in [-0.4, -0.2) is 11.9 Å². The van der Waals surface area contributed by atoms with Crippen molar-refractivity contribution in [3.63, 3.8) is 0 Å². The molecule has 1 radical (unpaired) electrons. The van der Waals surface area contributed by atoms with Crippen LogP contribution in [0.5, 0.6) is 0 Å². The summed E-state index contributed by atoms with van der Waals surface area (Å²) < 4.78 is 13.8. The molecule has 0 aliphatic carbocycles. The van der Waals surface area contributed by atoms with Crippen LogP contribution < -0.4 is 0 Å². The second-order valence-electron chi connectivity index (χ2n) is 3.62. The van der Waals surface area contributed by atoms with E-state index in [1.807, 2.05) is 11.9 Å². The number of hydrogen-bond acceptors (Lipinski definition) is 1. The van der Waals surface area contributed by atoms with Crippen LogP contribution in [0.4, 0.5) is 4.39 Å². The van der Waals surface area contributed by atoms with Gasteiger partial charge >= 0.3 is 0 Å². The Labute approximate surface area is 144 Å². The van der Waals surface area contributed by atoms with Crippen LogP contribution in [0, 0.1) is 11.9 Å². The SMILES string of the molecule is C=C1C(Br)=C[C-]=C(c2ccc(F)cc2Cl)N1C.[Y]. The fourth-order valence-corrected chi connectivity index (χ4v) is 2.18. The molecule has 0 N–H and O–H groups in total. The van der Waals surface area contributed by atoms with Crippen molar-refractivity contribution in [1.29, 1.82) is 0 Å². The van der Waals surface area contributed by atoms with Gasteiger partial charge in [-0.1, -0.05) is 33.9 Å². The molecule has 0 atom stereocenters. The van der Waals surface area contributed by atoms with Crippen LogP contribution >= 0.6 is 27.5 Å². The maximum absolute atomic E-state index is 13.0. The van der Waals surface area contributed by atoms with Gasteiger partial charge in [0.1, 0.15) is 5.82 Å². The van der Waals surface area contributed by atoms with E-state index < -0.39 is 0 Å². The molecule has 0 unspecified atom stereocenters. The van der Waals surface area contributed by atoms with Crippen LogP contribution in [0.2, 0.25) is 5.02 Å². The summed E-state index contributed by atoms with van der Waals surface area (Å²) in [6.07, 6.45) is 4.87. The van der Waals surface area contributed by atoms with Gasteiger partial charge in [0, 0.05) is 39.8 Å². The van der Waals surface area contributed by atoms with Crippen LogP contribution in [0.3, 0.4) is 0 Å². The largest absolute Gasteiger partial charge is 0.377 e. The van der Waals surface area contributed by atoms with E-state index in [-0.39, 0.29) is 38.5 Å². The molecule has 18 heavy (non-hydrogen) atoms. The number of nitrogens with zero attached hydrogens (tertiary/aromatic N) is 1. The summed E-state index contributed by atoms with van der Waals surface area (Å²) in [5, 5.41) is 0.360. The molecule has 1 aromatic rings. The quantitative estimate of drug-likeness (QED) is 0.631. The van der Waals surface area contributed by atoms with Crippen molar-refractivity contribution in [1.82, 2.24) is 4.90 Å². The summed E-state index contributed by atoms with van der Waals surface area (Å²) in [5.41, 5.74) is 2.30. The molecule has 0 spiro atoms. The monoisotopic (exact) mass is 401 g/mol. The molecular weight excluding hydrogens is 393 g/mol. The summed E-state index contributed by atoms with van der Waals surface area (Å²) in [7, 11) is 1.86. The Morgan fingerprint density at radius 1 is 1.44 bits per heavy atom. The molecule has 1 aliphatic rings. The molecular formula is C13H9BrClFNY-. The minimum atomic E-state index is -0.353. The Kier molecular flexibility index (Phi) is 5.79. The van der Waals surface area contributed by atoms with E-state index in [1.54, 1.807) is 12.1 Å². The van der Waals surface area contributed by atoms with Gasteiger partial charge in [0.05, 0.1) is 0 Å². The molecule has 0 bridgehead atoms. The van der Waals surface area contributed by atoms with E-state index >= 15 is 0 Å². The summed E-state index contributed by atoms with van der Waals surface area (Å²) in [5.74, 6) is -0.353. The number of likely N-dealkylation sites (N-methyl/N-ethyl adjacent to an activating group) is 1. The van der Waals surface area contributed by atoms with Crippen LogP contribution in [0.25, 0.3) is 5.70 Å². The first-order chi connectivity index (χ1) is 8.00. The van der Waals surface area contributed by atoms with Gasteiger partial charge in [-0.05, 0) is 22.9 Å². The second kappa shape index (κ2) is 6.47. The summed E-state index contributed by atoms with van der Waals surface area (Å²) in [6, 6.07) is 4.30. The van der Waals surface area contributed by atoms with E-state index in [0.717, 1.165) is 21.4 Å². The van der Waals surface area contributed by atoms with Crippen LogP contribution in [0.1, 0.15) is 5.56 Å². The zero-order chi connectivity index (χ0) is 12.6. The Morgan fingerprint density at radius 2 is 2.11 bits per heavy atom. The molecule has 1 aliphatic heterocycles. The molecule has 1 heterocycles. The standard InChI is InChI=1S/C13H9BrClFN.Y/c1-8-11(14)5-6-13(17(8)2)10-4-3-9(16)7-12(10)15;/h3-5,7H,1H2,2H3;/q-1;. The van der Waals surface area contributed by atoms with Crippen molar-refractivity contribution in [2.45, 2.75) is 0 Å². The Hall–Kier alpha value is 0.0439. The number of allylic oxidation sites excluding steroid dienone is 3. The predicted molar refractivity (Wildman–Crippen MR) is 72.0 cm³/mol. The Morgan fingerprint density at radius 3 is 2.72 bits per heavy atom. The smallest absolute Gasteiger partial charge is 0.122 e. The normalized spacial score (nSPS) is 14.9. The molecule has 5 heteroatoms. The fraction of sp³-hybridized carbons (Fsp3) is 0.0769. The van der Waals surface area contributed by atoms with E-state index in [1.165, 1.54) is 12.1 Å². The molecule has 2 rings (SSSR count). The van der Waals surface area contributed by atoms with Crippen molar-refractivity contribution in [3.05, 3.63) is 63.5 Å². The summed E-state index contributed by atoms with van der Waals surface area (Å²) in [6.45, 7) is 3.93. The van der Waals surface area contributed by atoms with Crippen molar-refractivity contribution in [2.24, 2.45) is 0 Å². The van der Waals surface area contributed by atoms with Crippen molar-refractivity contribution in [2.75, 3.05) is 7.05 Å². The third-order valence-corrected chi connectivity index (χ3v) is 3.54. The van der Waals surface area contributed by atoms with E-state index in [9.17, 15) is 4.39 Å². The predicted octanol–water partition coefficient (Wildman–Crippen LogP) is 4.36. The first-order valence-electron chi connectivity index (χ1n) is 4.88. The minimum Gasteiger partial charge on any atom is -0.377 e. The van der Waals surface area contributed by atoms with Gasteiger partial charge in [-0.25, -0.2) is 4.39 Å². The van der Waals surface area contributed by atoms with E-state index in [2.05, 4.69) is 28.6 Å². The zero-order valence-corrected chi connectivity index (χ0v) is 14.9. The van der Waals surface area contributed by atoms with Crippen LogP contribution in [0.15, 0.2) is 41.0 Å². The molecule has 0 fully saturated rings. The number of rotatable bonds is 1. The first kappa shape index (κ1) is 16.1. The van der Waals surface area contributed by atoms with Crippen molar-refractivity contribution < 1.29 is 37.1 Å². The minimum absolute atomic E-state index is 0. The topological polar surface area (TPSA) is 3.24 Å². The van der Waals surface area contributed by atoms with Gasteiger partial charge in [0.2, 0.25) is 0 Å². The average molecular weight is 402 g/mol. The zero-order valence-electron chi connectivity index (χ0n) is 9.67. The summed E-state index contributed by atoms with van der Waals surface area (Å²) >= 11 is 9.40. The van der Waals surface area contributed by atoms with Gasteiger partial charge < -0.3 is 4.90 Å². The van der Waals surface area contributed by atoms with Crippen molar-refractivity contribution in [3.8, 4) is 0 Å². The molecule has 0 aromatic heterocycles. The molecule has 1 aromatic carbocycles. The Balaban J connectivity index is 0.00000162. The maximum Gasteiger partial charge on any atom is 0.122 e. The maximum atomic E-state index is 13.0.